The highest BCUT2D eigenvalue weighted by atomic mass is 35.5. The third-order valence-corrected chi connectivity index (χ3v) is 6.24. The van der Waals surface area contributed by atoms with Crippen molar-refractivity contribution >= 4 is 68.7 Å². The van der Waals surface area contributed by atoms with E-state index in [1.165, 1.54) is 23.5 Å². The summed E-state index contributed by atoms with van der Waals surface area (Å²) in [5.41, 5.74) is 1.79. The molecule has 1 aliphatic rings. The number of anilines is 1. The summed E-state index contributed by atoms with van der Waals surface area (Å²) in [4.78, 5) is 26.1. The van der Waals surface area contributed by atoms with Gasteiger partial charge >= 0.3 is 5.97 Å². The fourth-order valence-electron chi connectivity index (χ4n) is 3.05. The molecule has 0 fully saturated rings. The van der Waals surface area contributed by atoms with E-state index < -0.39 is 5.91 Å². The Balaban J connectivity index is 1.79. The third-order valence-electron chi connectivity index (χ3n) is 4.28. The summed E-state index contributed by atoms with van der Waals surface area (Å²) in [6, 6.07) is 4.59. The maximum absolute atomic E-state index is 12.5. The van der Waals surface area contributed by atoms with Crippen LogP contribution in [0, 0.1) is 0 Å². The topological polar surface area (TPSA) is 67.4 Å². The van der Waals surface area contributed by atoms with Gasteiger partial charge in [-0.05, 0) is 68.6 Å². The van der Waals surface area contributed by atoms with Gasteiger partial charge in [0.2, 0.25) is 0 Å². The van der Waals surface area contributed by atoms with Gasteiger partial charge in [0, 0.05) is 9.90 Å². The summed E-state index contributed by atoms with van der Waals surface area (Å²) < 4.78 is 5.22. The molecule has 148 valence electrons. The number of aryl methyl sites for hydroxylation is 1. The zero-order valence-electron chi connectivity index (χ0n) is 15.1. The van der Waals surface area contributed by atoms with Crippen LogP contribution in [0.3, 0.4) is 0 Å². The van der Waals surface area contributed by atoms with Gasteiger partial charge in [-0.15, -0.1) is 11.3 Å². The monoisotopic (exact) mass is 456 g/mol. The fourth-order valence-corrected chi connectivity index (χ4v) is 5.09. The number of thiophene rings is 1. The Morgan fingerprint density at radius 2 is 2.00 bits per heavy atom. The predicted molar refractivity (Wildman–Crippen MR) is 117 cm³/mol. The van der Waals surface area contributed by atoms with Crippen LogP contribution in [0.15, 0.2) is 18.2 Å². The van der Waals surface area contributed by atoms with E-state index >= 15 is 0 Å². The minimum Gasteiger partial charge on any atom is -0.462 e. The molecule has 0 saturated carbocycles. The Labute approximate surface area is 182 Å². The van der Waals surface area contributed by atoms with Gasteiger partial charge in [-0.25, -0.2) is 4.79 Å². The van der Waals surface area contributed by atoms with Gasteiger partial charge in [0.25, 0.3) is 5.91 Å². The molecule has 1 aromatic heterocycles. The molecule has 9 heteroatoms. The smallest absolute Gasteiger partial charge is 0.341 e. The number of fused-ring (bicyclic) bond motifs is 1. The van der Waals surface area contributed by atoms with Crippen molar-refractivity contribution in [3.63, 3.8) is 0 Å². The van der Waals surface area contributed by atoms with Crippen molar-refractivity contribution in [2.75, 3.05) is 11.9 Å². The number of carbonyl (C=O) groups excluding carboxylic acids is 2. The van der Waals surface area contributed by atoms with Crippen molar-refractivity contribution in [3.05, 3.63) is 49.8 Å². The molecular formula is C19H18Cl2N2O3S2. The van der Waals surface area contributed by atoms with Gasteiger partial charge in [-0.2, -0.15) is 0 Å². The lowest BCUT2D eigenvalue weighted by Crippen LogP contribution is -2.34. The normalized spacial score (nSPS) is 12.8. The maximum atomic E-state index is 12.5. The first-order chi connectivity index (χ1) is 13.4. The lowest BCUT2D eigenvalue weighted by molar-refractivity contribution is 0.0526. The number of hydrogen-bond acceptors (Lipinski definition) is 5. The van der Waals surface area contributed by atoms with Crippen molar-refractivity contribution in [3.8, 4) is 0 Å². The van der Waals surface area contributed by atoms with Crippen molar-refractivity contribution in [2.45, 2.75) is 32.6 Å². The number of thiocarbonyl (C=S) groups is 1. The van der Waals surface area contributed by atoms with E-state index in [4.69, 9.17) is 40.2 Å². The van der Waals surface area contributed by atoms with Crippen LogP contribution in [-0.2, 0) is 17.6 Å². The van der Waals surface area contributed by atoms with Crippen LogP contribution in [0.25, 0.3) is 0 Å². The first-order valence-electron chi connectivity index (χ1n) is 8.79. The predicted octanol–water partition coefficient (Wildman–Crippen LogP) is 5.24. The van der Waals surface area contributed by atoms with E-state index in [1.54, 1.807) is 13.0 Å². The molecule has 0 atom stereocenters. The van der Waals surface area contributed by atoms with Gasteiger partial charge in [-0.3, -0.25) is 10.1 Å². The van der Waals surface area contributed by atoms with E-state index in [0.29, 0.717) is 22.2 Å². The molecule has 0 spiro atoms. The Morgan fingerprint density at radius 1 is 1.25 bits per heavy atom. The summed E-state index contributed by atoms with van der Waals surface area (Å²) in [7, 11) is 0. The summed E-state index contributed by atoms with van der Waals surface area (Å²) in [6.45, 7) is 2.06. The van der Waals surface area contributed by atoms with Gasteiger partial charge < -0.3 is 10.1 Å². The summed E-state index contributed by atoms with van der Waals surface area (Å²) in [5, 5.41) is 6.92. The molecule has 5 nitrogen and oxygen atoms in total. The number of benzene rings is 1. The number of nitrogens with one attached hydrogen (secondary N) is 2. The Hall–Kier alpha value is -1.67. The van der Waals surface area contributed by atoms with Crippen LogP contribution >= 0.6 is 46.8 Å². The van der Waals surface area contributed by atoms with Gasteiger partial charge in [0.1, 0.15) is 5.00 Å². The van der Waals surface area contributed by atoms with E-state index in [0.717, 1.165) is 36.1 Å². The second kappa shape index (κ2) is 9.22. The second-order valence-electron chi connectivity index (χ2n) is 6.17. The standard InChI is InChI=1S/C19H18Cl2N2O3S2/c1-2-26-18(25)15-12-5-3-4-6-14(12)28-17(15)23-19(27)22-16(24)11-8-7-10(20)9-13(11)21/h7-9H,2-6H2,1H3,(H2,22,23,24,27). The third kappa shape index (κ3) is 4.66. The molecule has 0 aliphatic heterocycles. The second-order valence-corrected chi connectivity index (χ2v) is 8.52. The van der Waals surface area contributed by atoms with E-state index in [1.807, 2.05) is 0 Å². The summed E-state index contributed by atoms with van der Waals surface area (Å²) in [6.07, 6.45) is 3.88. The number of carbonyl (C=O) groups is 2. The highest BCUT2D eigenvalue weighted by molar-refractivity contribution is 7.80. The lowest BCUT2D eigenvalue weighted by atomic mass is 9.95. The zero-order chi connectivity index (χ0) is 20.3. The van der Waals surface area contributed by atoms with Gasteiger partial charge in [-0.1, -0.05) is 23.2 Å². The van der Waals surface area contributed by atoms with Crippen LogP contribution < -0.4 is 10.6 Å². The van der Waals surface area contributed by atoms with Crippen LogP contribution in [-0.4, -0.2) is 23.6 Å². The van der Waals surface area contributed by atoms with Crippen molar-refractivity contribution < 1.29 is 14.3 Å². The molecule has 0 saturated heterocycles. The summed E-state index contributed by atoms with van der Waals surface area (Å²) >= 11 is 18.7. The Bertz CT molecular complexity index is 944. The largest absolute Gasteiger partial charge is 0.462 e. The molecule has 1 aromatic carbocycles. The fraction of sp³-hybridized carbons (Fsp3) is 0.316. The molecule has 28 heavy (non-hydrogen) atoms. The first kappa shape index (κ1) is 21.0. The SMILES string of the molecule is CCOC(=O)c1c(NC(=S)NC(=O)c2ccc(Cl)cc2Cl)sc2c1CCCC2. The van der Waals surface area contributed by atoms with Crippen LogP contribution in [0.5, 0.6) is 0 Å². The average Bonchev–Trinajstić information content (AvgIpc) is 2.99. The molecule has 1 aliphatic carbocycles. The molecule has 2 aromatic rings. The number of ether oxygens (including phenoxy) is 1. The molecule has 1 amide bonds. The van der Waals surface area contributed by atoms with Crippen LogP contribution in [0.2, 0.25) is 10.0 Å². The van der Waals surface area contributed by atoms with E-state index in [9.17, 15) is 9.59 Å². The number of rotatable bonds is 4. The number of amides is 1. The Kier molecular flexibility index (Phi) is 6.93. The molecule has 3 rings (SSSR count). The minimum absolute atomic E-state index is 0.0835. The molecule has 1 heterocycles. The van der Waals surface area contributed by atoms with Gasteiger partial charge in [0.05, 0.1) is 22.8 Å². The minimum atomic E-state index is -0.460. The van der Waals surface area contributed by atoms with E-state index in [2.05, 4.69) is 10.6 Å². The van der Waals surface area contributed by atoms with Crippen LogP contribution in [0.4, 0.5) is 5.00 Å². The van der Waals surface area contributed by atoms with Crippen molar-refractivity contribution in [2.24, 2.45) is 0 Å². The average molecular weight is 457 g/mol. The van der Waals surface area contributed by atoms with Crippen molar-refractivity contribution in [1.82, 2.24) is 5.32 Å². The van der Waals surface area contributed by atoms with Gasteiger partial charge in [0.15, 0.2) is 5.11 Å². The highest BCUT2D eigenvalue weighted by Crippen LogP contribution is 2.38. The maximum Gasteiger partial charge on any atom is 0.341 e. The number of halogens is 2. The van der Waals surface area contributed by atoms with E-state index in [-0.39, 0.29) is 21.7 Å². The lowest BCUT2D eigenvalue weighted by Gasteiger charge is -2.13. The highest BCUT2D eigenvalue weighted by Gasteiger charge is 2.27. The molecule has 0 radical (unpaired) electrons. The number of hydrogen-bond donors (Lipinski definition) is 2. The molecule has 0 unspecified atom stereocenters. The zero-order valence-corrected chi connectivity index (χ0v) is 18.2. The number of esters is 1. The Morgan fingerprint density at radius 3 is 2.71 bits per heavy atom. The first-order valence-corrected chi connectivity index (χ1v) is 10.8. The molecule has 0 bridgehead atoms. The van der Waals surface area contributed by atoms with Crippen molar-refractivity contribution in [1.29, 1.82) is 0 Å². The molecular weight excluding hydrogens is 439 g/mol. The quantitative estimate of drug-likeness (QED) is 0.486. The molecule has 2 N–H and O–H groups in total. The summed E-state index contributed by atoms with van der Waals surface area (Å²) in [5.74, 6) is -0.836. The van der Waals surface area contributed by atoms with Crippen LogP contribution in [0.1, 0.15) is 50.9 Å².